The van der Waals surface area contributed by atoms with Crippen molar-refractivity contribution in [3.05, 3.63) is 35.4 Å². The fourth-order valence-corrected chi connectivity index (χ4v) is 2.64. The number of nitrogens with one attached hydrogen (secondary N) is 3. The van der Waals surface area contributed by atoms with Crippen molar-refractivity contribution in [3.8, 4) is 0 Å². The first-order chi connectivity index (χ1) is 13.4. The van der Waals surface area contributed by atoms with Crippen molar-refractivity contribution in [2.24, 2.45) is 4.99 Å². The van der Waals surface area contributed by atoms with Crippen LogP contribution < -0.4 is 16.0 Å². The zero-order chi connectivity index (χ0) is 22.1. The van der Waals surface area contributed by atoms with Gasteiger partial charge >= 0.3 is 6.09 Å². The second kappa shape index (κ2) is 11.0. The number of rotatable bonds is 8. The second-order valence-electron chi connectivity index (χ2n) is 9.07. The van der Waals surface area contributed by atoms with Crippen LogP contribution in [0, 0.1) is 0 Å². The van der Waals surface area contributed by atoms with Crippen molar-refractivity contribution in [1.82, 2.24) is 20.9 Å². The van der Waals surface area contributed by atoms with E-state index in [1.807, 2.05) is 47.6 Å². The number of carbonyl (C=O) groups is 1. The van der Waals surface area contributed by atoms with Crippen molar-refractivity contribution in [2.75, 3.05) is 27.2 Å². The van der Waals surface area contributed by atoms with Gasteiger partial charge in [-0.15, -0.1) is 0 Å². The third-order valence-corrected chi connectivity index (χ3v) is 3.89. The molecule has 0 heterocycles. The summed E-state index contributed by atoms with van der Waals surface area (Å²) in [5.41, 5.74) is 1.44. The van der Waals surface area contributed by atoms with E-state index in [1.54, 1.807) is 0 Å². The van der Waals surface area contributed by atoms with E-state index in [0.29, 0.717) is 19.0 Å². The molecule has 7 nitrogen and oxygen atoms in total. The molecule has 0 bridgehead atoms. The Bertz CT molecular complexity index is 678. The highest BCUT2D eigenvalue weighted by molar-refractivity contribution is 5.80. The lowest BCUT2D eigenvalue weighted by molar-refractivity contribution is 0.0474. The number of hydrogen-bond acceptors (Lipinski definition) is 4. The van der Waals surface area contributed by atoms with Gasteiger partial charge in [-0.1, -0.05) is 24.3 Å². The average molecular weight is 406 g/mol. The largest absolute Gasteiger partial charge is 0.444 e. The van der Waals surface area contributed by atoms with Crippen LogP contribution >= 0.6 is 0 Å². The first kappa shape index (κ1) is 24.8. The van der Waals surface area contributed by atoms with Gasteiger partial charge in [0.1, 0.15) is 5.60 Å². The molecule has 1 amide bonds. The van der Waals surface area contributed by atoms with Crippen molar-refractivity contribution in [1.29, 1.82) is 0 Å². The Balaban J connectivity index is 2.74. The van der Waals surface area contributed by atoms with Gasteiger partial charge in [0.25, 0.3) is 0 Å². The smallest absolute Gasteiger partial charge is 0.408 e. The number of carbonyl (C=O) groups excluding carboxylic acids is 1. The molecular weight excluding hydrogens is 366 g/mol. The van der Waals surface area contributed by atoms with Crippen LogP contribution in [0.25, 0.3) is 0 Å². The molecule has 3 N–H and O–H groups in total. The average Bonchev–Trinajstić information content (AvgIpc) is 2.55. The van der Waals surface area contributed by atoms with Crippen LogP contribution in [-0.2, 0) is 17.8 Å². The van der Waals surface area contributed by atoms with E-state index in [9.17, 15) is 4.79 Å². The summed E-state index contributed by atoms with van der Waals surface area (Å²) in [6.07, 6.45) is -0.427. The fraction of sp³-hybridized carbons (Fsp3) is 0.636. The molecule has 0 aliphatic rings. The third kappa shape index (κ3) is 10.7. The third-order valence-electron chi connectivity index (χ3n) is 3.89. The predicted molar refractivity (Wildman–Crippen MR) is 120 cm³/mol. The Morgan fingerprint density at radius 1 is 1.07 bits per heavy atom. The lowest BCUT2D eigenvalue weighted by Crippen LogP contribution is -2.54. The van der Waals surface area contributed by atoms with Gasteiger partial charge in [-0.25, -0.2) is 9.79 Å². The topological polar surface area (TPSA) is 78.0 Å². The Morgan fingerprint density at radius 2 is 1.69 bits per heavy atom. The molecule has 0 unspecified atom stereocenters. The molecule has 0 aromatic heterocycles. The SMILES string of the molecule is CCNC(=NCc1ccccc1CN(C)C)NCC(C)(C)NC(=O)OC(C)(C)C. The number of alkyl carbamates (subject to hydrolysis) is 1. The van der Waals surface area contributed by atoms with E-state index < -0.39 is 17.2 Å². The molecule has 0 saturated carbocycles. The number of ether oxygens (including phenoxy) is 1. The molecule has 29 heavy (non-hydrogen) atoms. The predicted octanol–water partition coefficient (Wildman–Crippen LogP) is 3.11. The van der Waals surface area contributed by atoms with Crippen LogP contribution in [0.1, 0.15) is 52.7 Å². The molecule has 164 valence electrons. The molecule has 0 fully saturated rings. The molecule has 1 aromatic carbocycles. The lowest BCUT2D eigenvalue weighted by Gasteiger charge is -2.29. The summed E-state index contributed by atoms with van der Waals surface area (Å²) < 4.78 is 5.35. The molecule has 7 heteroatoms. The molecule has 0 aliphatic heterocycles. The van der Waals surface area contributed by atoms with Crippen molar-refractivity contribution in [3.63, 3.8) is 0 Å². The summed E-state index contributed by atoms with van der Waals surface area (Å²) in [5, 5.41) is 9.48. The lowest BCUT2D eigenvalue weighted by atomic mass is 10.1. The van der Waals surface area contributed by atoms with Crippen LogP contribution in [0.5, 0.6) is 0 Å². The van der Waals surface area contributed by atoms with Gasteiger partial charge < -0.3 is 25.6 Å². The maximum Gasteiger partial charge on any atom is 0.408 e. The quantitative estimate of drug-likeness (QED) is 0.458. The van der Waals surface area contributed by atoms with Crippen molar-refractivity contribution >= 4 is 12.1 Å². The van der Waals surface area contributed by atoms with Gasteiger partial charge in [-0.3, -0.25) is 0 Å². The number of aliphatic imine (C=N–C) groups is 1. The van der Waals surface area contributed by atoms with E-state index >= 15 is 0 Å². The fourth-order valence-electron chi connectivity index (χ4n) is 2.64. The van der Waals surface area contributed by atoms with Crippen LogP contribution in [0.2, 0.25) is 0 Å². The summed E-state index contributed by atoms with van der Waals surface area (Å²) >= 11 is 0. The summed E-state index contributed by atoms with van der Waals surface area (Å²) in [7, 11) is 4.12. The van der Waals surface area contributed by atoms with Crippen LogP contribution in [0.15, 0.2) is 29.3 Å². The maximum atomic E-state index is 12.1. The van der Waals surface area contributed by atoms with Gasteiger partial charge in [0, 0.05) is 19.6 Å². The Labute approximate surface area is 176 Å². The van der Waals surface area contributed by atoms with Gasteiger partial charge in [0.15, 0.2) is 5.96 Å². The van der Waals surface area contributed by atoms with Crippen LogP contribution in [-0.4, -0.2) is 55.3 Å². The molecular formula is C22H39N5O2. The molecule has 0 saturated heterocycles. The van der Waals surface area contributed by atoms with Gasteiger partial charge in [0.05, 0.1) is 12.1 Å². The van der Waals surface area contributed by atoms with Gasteiger partial charge in [0.2, 0.25) is 0 Å². The van der Waals surface area contributed by atoms with Crippen molar-refractivity contribution < 1.29 is 9.53 Å². The molecule has 0 aliphatic carbocycles. The van der Waals surface area contributed by atoms with E-state index in [2.05, 4.69) is 53.1 Å². The number of amides is 1. The molecule has 1 aromatic rings. The van der Waals surface area contributed by atoms with Gasteiger partial charge in [-0.2, -0.15) is 0 Å². The zero-order valence-electron chi connectivity index (χ0n) is 19.3. The number of benzene rings is 1. The van der Waals surface area contributed by atoms with Crippen LogP contribution in [0.4, 0.5) is 4.79 Å². The summed E-state index contributed by atoms with van der Waals surface area (Å²) in [5.74, 6) is 0.714. The molecule has 0 radical (unpaired) electrons. The van der Waals surface area contributed by atoms with E-state index in [4.69, 9.17) is 9.73 Å². The minimum absolute atomic E-state index is 0.427. The Hall–Kier alpha value is -2.28. The Kier molecular flexibility index (Phi) is 9.43. The first-order valence-electron chi connectivity index (χ1n) is 10.2. The second-order valence-corrected chi connectivity index (χ2v) is 9.07. The monoisotopic (exact) mass is 405 g/mol. The summed E-state index contributed by atoms with van der Waals surface area (Å²) in [6, 6.07) is 8.34. The zero-order valence-corrected chi connectivity index (χ0v) is 19.3. The minimum Gasteiger partial charge on any atom is -0.444 e. The summed E-state index contributed by atoms with van der Waals surface area (Å²) in [4.78, 5) is 18.9. The molecule has 0 atom stereocenters. The highest BCUT2D eigenvalue weighted by Crippen LogP contribution is 2.12. The standard InChI is InChI=1S/C22H39N5O2/c1-9-23-19(24-14-17-12-10-11-13-18(17)15-27(7)8)25-16-22(5,6)26-20(28)29-21(2,3)4/h10-13H,9,14-16H2,1-8H3,(H,26,28)(H2,23,24,25). The summed E-state index contributed by atoms with van der Waals surface area (Å²) in [6.45, 7) is 14.2. The number of hydrogen-bond donors (Lipinski definition) is 3. The Morgan fingerprint density at radius 3 is 2.24 bits per heavy atom. The minimum atomic E-state index is -0.524. The van der Waals surface area contributed by atoms with E-state index in [-0.39, 0.29) is 0 Å². The van der Waals surface area contributed by atoms with Gasteiger partial charge in [-0.05, 0) is 66.8 Å². The van der Waals surface area contributed by atoms with Crippen molar-refractivity contribution in [2.45, 2.75) is 65.8 Å². The molecule has 0 spiro atoms. The highest BCUT2D eigenvalue weighted by atomic mass is 16.6. The molecule has 1 rings (SSSR count). The maximum absolute atomic E-state index is 12.1. The van der Waals surface area contributed by atoms with E-state index in [1.165, 1.54) is 11.1 Å². The van der Waals surface area contributed by atoms with Crippen LogP contribution in [0.3, 0.4) is 0 Å². The number of guanidine groups is 1. The van der Waals surface area contributed by atoms with E-state index in [0.717, 1.165) is 13.1 Å². The number of nitrogens with zero attached hydrogens (tertiary/aromatic N) is 2. The first-order valence-corrected chi connectivity index (χ1v) is 10.2. The highest BCUT2D eigenvalue weighted by Gasteiger charge is 2.24. The normalized spacial score (nSPS) is 12.7.